The molecule has 1 heterocycles. The highest BCUT2D eigenvalue weighted by molar-refractivity contribution is 6.10. The number of rotatable bonds is 5. The number of carbonyl (C=O) groups is 1. The average Bonchev–Trinajstić information content (AvgIpc) is 2.89. The Kier molecular flexibility index (Phi) is 4.00. The molecule has 4 nitrogen and oxygen atoms in total. The molecule has 0 aliphatic heterocycles. The van der Waals surface area contributed by atoms with Gasteiger partial charge in [0.2, 0.25) is 5.78 Å². The lowest BCUT2D eigenvalue weighted by Crippen LogP contribution is -2.13. The fraction of sp³-hybridized carbons (Fsp3) is 0.333. The molecule has 2 aromatic rings. The van der Waals surface area contributed by atoms with Crippen molar-refractivity contribution in [2.45, 2.75) is 26.8 Å². The van der Waals surface area contributed by atoms with Crippen LogP contribution in [0.4, 0.5) is 0 Å². The summed E-state index contributed by atoms with van der Waals surface area (Å²) in [5.41, 5.74) is 2.28. The predicted octanol–water partition coefficient (Wildman–Crippen LogP) is 2.71. The van der Waals surface area contributed by atoms with Crippen LogP contribution in [-0.2, 0) is 13.0 Å². The minimum atomic E-state index is -0.0337. The number of ether oxygens (including phenoxy) is 1. The van der Waals surface area contributed by atoms with Gasteiger partial charge in [0, 0.05) is 12.1 Å². The van der Waals surface area contributed by atoms with Gasteiger partial charge in [0.15, 0.2) is 11.4 Å². The fourth-order valence-corrected chi connectivity index (χ4v) is 2.16. The molecule has 0 unspecified atom stereocenters. The predicted molar refractivity (Wildman–Crippen MR) is 73.7 cm³/mol. The van der Waals surface area contributed by atoms with Crippen LogP contribution in [0.25, 0.3) is 0 Å². The van der Waals surface area contributed by atoms with E-state index in [1.165, 1.54) is 0 Å². The third-order valence-electron chi connectivity index (χ3n) is 3.18. The largest absolute Gasteiger partial charge is 0.493 e. The molecular weight excluding hydrogens is 240 g/mol. The van der Waals surface area contributed by atoms with Crippen LogP contribution < -0.4 is 4.74 Å². The molecule has 0 N–H and O–H groups in total. The summed E-state index contributed by atoms with van der Waals surface area (Å²) >= 11 is 0. The fourth-order valence-electron chi connectivity index (χ4n) is 2.16. The van der Waals surface area contributed by atoms with E-state index < -0.39 is 0 Å². The Balaban J connectivity index is 2.52. The van der Waals surface area contributed by atoms with Crippen LogP contribution in [0, 0.1) is 0 Å². The van der Waals surface area contributed by atoms with E-state index in [9.17, 15) is 4.79 Å². The molecule has 1 aromatic heterocycles. The lowest BCUT2D eigenvalue weighted by molar-refractivity contribution is 0.102. The molecule has 4 heteroatoms. The Morgan fingerprint density at radius 3 is 2.68 bits per heavy atom. The Bertz CT molecular complexity index is 566. The molecule has 0 saturated heterocycles. The molecular formula is C15H18N2O2. The van der Waals surface area contributed by atoms with Gasteiger partial charge >= 0.3 is 0 Å². The minimum absolute atomic E-state index is 0.0337. The van der Waals surface area contributed by atoms with Crippen molar-refractivity contribution in [3.63, 3.8) is 0 Å². The summed E-state index contributed by atoms with van der Waals surface area (Å²) in [5, 5.41) is 4.18. The molecule has 0 aliphatic rings. The maximum atomic E-state index is 12.7. The van der Waals surface area contributed by atoms with Gasteiger partial charge in [-0.25, -0.2) is 0 Å². The molecule has 0 spiro atoms. The second kappa shape index (κ2) is 5.69. The highest BCUT2D eigenvalue weighted by Gasteiger charge is 2.21. The highest BCUT2D eigenvalue weighted by Crippen LogP contribution is 2.23. The summed E-state index contributed by atoms with van der Waals surface area (Å²) in [7, 11) is 1.56. The van der Waals surface area contributed by atoms with E-state index in [-0.39, 0.29) is 5.78 Å². The first kappa shape index (κ1) is 13.3. The zero-order chi connectivity index (χ0) is 13.8. The first-order chi connectivity index (χ1) is 9.22. The summed E-state index contributed by atoms with van der Waals surface area (Å²) in [4.78, 5) is 12.7. The van der Waals surface area contributed by atoms with E-state index >= 15 is 0 Å². The van der Waals surface area contributed by atoms with Crippen molar-refractivity contribution in [2.24, 2.45) is 0 Å². The number of aryl methyl sites for hydroxylation is 2. The normalized spacial score (nSPS) is 10.5. The van der Waals surface area contributed by atoms with Gasteiger partial charge in [-0.3, -0.25) is 9.48 Å². The molecule has 19 heavy (non-hydrogen) atoms. The molecule has 0 fully saturated rings. The monoisotopic (exact) mass is 258 g/mol. The third kappa shape index (κ3) is 2.38. The van der Waals surface area contributed by atoms with Crippen molar-refractivity contribution in [3.05, 3.63) is 47.3 Å². The van der Waals surface area contributed by atoms with Crippen molar-refractivity contribution >= 4 is 5.78 Å². The number of hydrogen-bond donors (Lipinski definition) is 0. The Morgan fingerprint density at radius 2 is 2.05 bits per heavy atom. The molecule has 0 atom stereocenters. The molecule has 100 valence electrons. The second-order valence-electron chi connectivity index (χ2n) is 4.22. The number of nitrogens with zero attached hydrogens (tertiary/aromatic N) is 2. The van der Waals surface area contributed by atoms with Gasteiger partial charge < -0.3 is 4.74 Å². The van der Waals surface area contributed by atoms with Crippen LogP contribution in [0.1, 0.15) is 35.5 Å². The standard InChI is InChI=1S/C15H18N2O2/c1-4-11-8-6-7-9-12(11)15(18)14-13(19-3)10-16-17(14)5-2/h6-10H,4-5H2,1-3H3. The average molecular weight is 258 g/mol. The summed E-state index contributed by atoms with van der Waals surface area (Å²) < 4.78 is 6.91. The second-order valence-corrected chi connectivity index (χ2v) is 4.22. The number of carbonyl (C=O) groups excluding carboxylic acids is 1. The minimum Gasteiger partial charge on any atom is -0.493 e. The summed E-state index contributed by atoms with van der Waals surface area (Å²) in [6, 6.07) is 7.66. The van der Waals surface area contributed by atoms with Crippen molar-refractivity contribution in [3.8, 4) is 5.75 Å². The first-order valence-corrected chi connectivity index (χ1v) is 6.45. The van der Waals surface area contributed by atoms with Gasteiger partial charge in [0.25, 0.3) is 0 Å². The third-order valence-corrected chi connectivity index (χ3v) is 3.18. The molecule has 1 aromatic carbocycles. The highest BCUT2D eigenvalue weighted by atomic mass is 16.5. The SMILES string of the molecule is CCc1ccccc1C(=O)c1c(OC)cnn1CC. The Morgan fingerprint density at radius 1 is 1.32 bits per heavy atom. The maximum absolute atomic E-state index is 12.7. The lowest BCUT2D eigenvalue weighted by atomic mass is 9.99. The van der Waals surface area contributed by atoms with Crippen molar-refractivity contribution in [1.82, 2.24) is 9.78 Å². The Labute approximate surface area is 113 Å². The number of hydrogen-bond acceptors (Lipinski definition) is 3. The van der Waals surface area contributed by atoms with E-state index in [1.807, 2.05) is 38.1 Å². The van der Waals surface area contributed by atoms with E-state index in [1.54, 1.807) is 18.0 Å². The van der Waals surface area contributed by atoms with Gasteiger partial charge in [-0.15, -0.1) is 0 Å². The van der Waals surface area contributed by atoms with Crippen LogP contribution >= 0.6 is 0 Å². The maximum Gasteiger partial charge on any atom is 0.215 e. The van der Waals surface area contributed by atoms with E-state index in [4.69, 9.17) is 4.74 Å². The van der Waals surface area contributed by atoms with Crippen molar-refractivity contribution in [1.29, 1.82) is 0 Å². The topological polar surface area (TPSA) is 44.1 Å². The van der Waals surface area contributed by atoms with E-state index in [0.717, 1.165) is 17.5 Å². The number of methoxy groups -OCH3 is 1. The number of ketones is 1. The summed E-state index contributed by atoms with van der Waals surface area (Å²) in [6.45, 7) is 4.63. The summed E-state index contributed by atoms with van der Waals surface area (Å²) in [5.74, 6) is 0.492. The molecule has 0 bridgehead atoms. The summed E-state index contributed by atoms with van der Waals surface area (Å²) in [6.07, 6.45) is 2.41. The van der Waals surface area contributed by atoms with Crippen LogP contribution in [0.3, 0.4) is 0 Å². The first-order valence-electron chi connectivity index (χ1n) is 6.45. The van der Waals surface area contributed by atoms with Crippen LogP contribution in [-0.4, -0.2) is 22.7 Å². The smallest absolute Gasteiger partial charge is 0.215 e. The molecule has 2 rings (SSSR count). The van der Waals surface area contributed by atoms with Crippen molar-refractivity contribution < 1.29 is 9.53 Å². The zero-order valence-corrected chi connectivity index (χ0v) is 11.5. The van der Waals surface area contributed by atoms with Gasteiger partial charge in [-0.2, -0.15) is 5.10 Å². The van der Waals surface area contributed by atoms with Gasteiger partial charge in [-0.1, -0.05) is 31.2 Å². The molecule has 0 amide bonds. The van der Waals surface area contributed by atoms with Gasteiger partial charge in [0.1, 0.15) is 0 Å². The van der Waals surface area contributed by atoms with Crippen LogP contribution in [0.2, 0.25) is 0 Å². The molecule has 0 aliphatic carbocycles. The van der Waals surface area contributed by atoms with Crippen molar-refractivity contribution in [2.75, 3.05) is 7.11 Å². The van der Waals surface area contributed by atoms with Gasteiger partial charge in [0.05, 0.1) is 13.3 Å². The van der Waals surface area contributed by atoms with Crippen LogP contribution in [0.15, 0.2) is 30.5 Å². The van der Waals surface area contributed by atoms with E-state index in [2.05, 4.69) is 5.10 Å². The van der Waals surface area contributed by atoms with E-state index in [0.29, 0.717) is 18.0 Å². The van der Waals surface area contributed by atoms with Gasteiger partial charge in [-0.05, 0) is 18.9 Å². The number of benzene rings is 1. The lowest BCUT2D eigenvalue weighted by Gasteiger charge is -2.09. The quantitative estimate of drug-likeness (QED) is 0.774. The molecule has 0 saturated carbocycles. The van der Waals surface area contributed by atoms with Crippen LogP contribution in [0.5, 0.6) is 5.75 Å². The molecule has 0 radical (unpaired) electrons. The zero-order valence-electron chi connectivity index (χ0n) is 11.5. The Hall–Kier alpha value is -2.10. The number of aromatic nitrogens is 2.